The third-order valence-electron chi connectivity index (χ3n) is 15.6. The fraction of sp³-hybridized carbons (Fsp3) is 0.636. The third-order valence-corrected chi connectivity index (χ3v) is 15.6. The monoisotopic (exact) mass is 845 g/mol. The molecule has 338 valence electrons. The lowest BCUT2D eigenvalue weighted by molar-refractivity contribution is -0.131. The second-order valence-corrected chi connectivity index (χ2v) is 20.8. The first-order valence-electron chi connectivity index (χ1n) is 24.9. The molecule has 3 aromatic carbocycles. The first-order valence-corrected chi connectivity index (χ1v) is 24.9. The number of hydrogen-bond acceptors (Lipinski definition) is 5. The molecule has 2 amide bonds. The van der Waals surface area contributed by atoms with Gasteiger partial charge in [0.2, 0.25) is 11.8 Å². The molecule has 2 saturated heterocycles. The van der Waals surface area contributed by atoms with Crippen LogP contribution in [0.15, 0.2) is 78.9 Å². The molecular formula is C55H80N4O3. The van der Waals surface area contributed by atoms with Crippen molar-refractivity contribution in [1.82, 2.24) is 20.4 Å². The Kier molecular flexibility index (Phi) is 16.3. The van der Waals surface area contributed by atoms with Gasteiger partial charge < -0.3 is 15.4 Å². The third kappa shape index (κ3) is 12.5. The molecule has 0 bridgehead atoms. The van der Waals surface area contributed by atoms with Gasteiger partial charge in [-0.05, 0) is 171 Å². The van der Waals surface area contributed by atoms with Crippen molar-refractivity contribution >= 4 is 11.8 Å². The van der Waals surface area contributed by atoms with E-state index in [4.69, 9.17) is 4.74 Å². The van der Waals surface area contributed by atoms with E-state index in [-0.39, 0.29) is 47.5 Å². The average molecular weight is 845 g/mol. The Balaban J connectivity index is 0.958. The number of hydrogen-bond donors (Lipinski definition) is 2. The molecule has 2 heterocycles. The van der Waals surface area contributed by atoms with Gasteiger partial charge in [-0.15, -0.1) is 0 Å². The Labute approximate surface area is 375 Å². The molecule has 7 rings (SSSR count). The fourth-order valence-electron chi connectivity index (χ4n) is 11.6. The van der Waals surface area contributed by atoms with Crippen molar-refractivity contribution < 1.29 is 14.3 Å². The molecule has 0 spiro atoms. The lowest BCUT2D eigenvalue weighted by atomic mass is 9.74. The minimum absolute atomic E-state index is 0.0588. The number of rotatable bonds is 16. The van der Waals surface area contributed by atoms with Gasteiger partial charge >= 0.3 is 0 Å². The highest BCUT2D eigenvalue weighted by molar-refractivity contribution is 5.82. The molecule has 2 aliphatic heterocycles. The minimum atomic E-state index is -0.595. The van der Waals surface area contributed by atoms with Crippen molar-refractivity contribution in [3.8, 4) is 5.75 Å². The highest BCUT2D eigenvalue weighted by Gasteiger charge is 2.43. The summed E-state index contributed by atoms with van der Waals surface area (Å²) in [6.45, 7) is 13.1. The number of benzene rings is 3. The number of nitrogens with one attached hydrogen (secondary N) is 2. The second-order valence-electron chi connectivity index (χ2n) is 20.8. The summed E-state index contributed by atoms with van der Waals surface area (Å²) in [6, 6.07) is 28.7. The SMILES string of the molecule is Cc1ccc(C)c(OC(CCC(C)(C)C(=O)NC2CCC(Cc3ccccc3)(N3CCCCCC3)CC2)CC(=O)NC2CCC(Cc3ccccc3)(N3CCCCCC3)CC2)c1. The van der Waals surface area contributed by atoms with Gasteiger partial charge in [0.1, 0.15) is 11.9 Å². The summed E-state index contributed by atoms with van der Waals surface area (Å²) in [5, 5.41) is 7.01. The fourth-order valence-corrected chi connectivity index (χ4v) is 11.6. The van der Waals surface area contributed by atoms with Gasteiger partial charge in [-0.1, -0.05) is 112 Å². The van der Waals surface area contributed by atoms with Gasteiger partial charge in [0.05, 0.1) is 6.42 Å². The molecule has 1 unspecified atom stereocenters. The van der Waals surface area contributed by atoms with E-state index in [9.17, 15) is 9.59 Å². The smallest absolute Gasteiger partial charge is 0.225 e. The quantitative estimate of drug-likeness (QED) is 0.150. The van der Waals surface area contributed by atoms with Crippen LogP contribution < -0.4 is 15.4 Å². The molecule has 4 aliphatic rings. The lowest BCUT2D eigenvalue weighted by Crippen LogP contribution is -2.56. The Bertz CT molecular complexity index is 1830. The molecule has 4 fully saturated rings. The largest absolute Gasteiger partial charge is 0.490 e. The van der Waals surface area contributed by atoms with Crippen LogP contribution in [0.25, 0.3) is 0 Å². The summed E-state index contributed by atoms with van der Waals surface area (Å²) >= 11 is 0. The molecule has 2 aliphatic carbocycles. The number of amides is 2. The van der Waals surface area contributed by atoms with Crippen LogP contribution in [0.5, 0.6) is 5.75 Å². The van der Waals surface area contributed by atoms with Crippen LogP contribution in [0, 0.1) is 19.3 Å². The zero-order valence-corrected chi connectivity index (χ0v) is 39.0. The van der Waals surface area contributed by atoms with Crippen LogP contribution in [0.4, 0.5) is 0 Å². The standard InChI is InChI=1S/C55H80N4O3/c1-43-23-24-44(2)50(39-43)62-49(40-51(60)56-47-25-31-54(32-26-47,41-45-19-11-9-12-20-45)58-35-15-5-6-16-36-58)29-30-53(3,4)52(61)57-48-27-33-55(34-28-48,42-46-21-13-10-14-22-46)59-37-17-7-8-18-38-59/h9-14,19-24,39,47-49H,5-8,15-18,25-38,40-42H2,1-4H3,(H,56,60)(H,57,61). The second kappa shape index (κ2) is 21.8. The molecule has 1 atom stereocenters. The molecule has 3 aromatic rings. The van der Waals surface area contributed by atoms with Crippen LogP contribution in [-0.2, 0) is 22.4 Å². The summed E-state index contributed by atoms with van der Waals surface area (Å²) in [6.07, 6.45) is 22.3. The van der Waals surface area contributed by atoms with Crippen LogP contribution in [0.1, 0.15) is 158 Å². The van der Waals surface area contributed by atoms with E-state index in [1.165, 1.54) is 88.7 Å². The first-order chi connectivity index (χ1) is 30.0. The van der Waals surface area contributed by atoms with E-state index in [0.29, 0.717) is 12.8 Å². The normalized spacial score (nSPS) is 26.1. The highest BCUT2D eigenvalue weighted by Crippen LogP contribution is 2.40. The van der Waals surface area contributed by atoms with Crippen LogP contribution in [-0.4, -0.2) is 77.1 Å². The molecule has 2 saturated carbocycles. The number of ether oxygens (including phenoxy) is 1. The summed E-state index contributed by atoms with van der Waals surface area (Å²) in [5.74, 6) is 1.01. The molecular weight excluding hydrogens is 765 g/mol. The van der Waals surface area contributed by atoms with E-state index >= 15 is 0 Å². The van der Waals surface area contributed by atoms with Crippen LogP contribution in [0.3, 0.4) is 0 Å². The van der Waals surface area contributed by atoms with Crippen molar-refractivity contribution in [3.63, 3.8) is 0 Å². The van der Waals surface area contributed by atoms with Gasteiger partial charge in [0.15, 0.2) is 0 Å². The van der Waals surface area contributed by atoms with E-state index in [1.807, 2.05) is 0 Å². The Hall–Kier alpha value is -3.68. The van der Waals surface area contributed by atoms with Crippen molar-refractivity contribution in [2.45, 2.75) is 192 Å². The average Bonchev–Trinajstić information content (AvgIpc) is 3.74. The van der Waals surface area contributed by atoms with Gasteiger partial charge in [-0.2, -0.15) is 0 Å². The van der Waals surface area contributed by atoms with Crippen LogP contribution in [0.2, 0.25) is 0 Å². The number of likely N-dealkylation sites (tertiary alicyclic amines) is 2. The van der Waals surface area contributed by atoms with Crippen molar-refractivity contribution in [2.75, 3.05) is 26.2 Å². The summed E-state index contributed by atoms with van der Waals surface area (Å²) in [4.78, 5) is 33.8. The van der Waals surface area contributed by atoms with E-state index in [1.54, 1.807) is 0 Å². The number of carbonyl (C=O) groups excluding carboxylic acids is 2. The molecule has 2 N–H and O–H groups in total. The van der Waals surface area contributed by atoms with Crippen molar-refractivity contribution in [2.24, 2.45) is 5.41 Å². The zero-order valence-electron chi connectivity index (χ0n) is 39.0. The lowest BCUT2D eigenvalue weighted by Gasteiger charge is -2.48. The van der Waals surface area contributed by atoms with Gasteiger partial charge in [-0.25, -0.2) is 0 Å². The number of carbonyl (C=O) groups is 2. The Morgan fingerprint density at radius 3 is 1.61 bits per heavy atom. The van der Waals surface area contributed by atoms with Gasteiger partial charge in [0, 0.05) is 28.6 Å². The Morgan fingerprint density at radius 2 is 1.13 bits per heavy atom. The first kappa shape index (κ1) is 46.3. The maximum Gasteiger partial charge on any atom is 0.225 e. The van der Waals surface area contributed by atoms with Crippen LogP contribution >= 0.6 is 0 Å². The maximum absolute atomic E-state index is 14.1. The zero-order chi connectivity index (χ0) is 43.4. The highest BCUT2D eigenvalue weighted by atomic mass is 16.5. The van der Waals surface area contributed by atoms with Crippen molar-refractivity contribution in [1.29, 1.82) is 0 Å². The molecule has 0 aromatic heterocycles. The topological polar surface area (TPSA) is 73.9 Å². The molecule has 0 radical (unpaired) electrons. The predicted octanol–water partition coefficient (Wildman–Crippen LogP) is 11.1. The summed E-state index contributed by atoms with van der Waals surface area (Å²) in [7, 11) is 0. The summed E-state index contributed by atoms with van der Waals surface area (Å²) < 4.78 is 6.74. The molecule has 62 heavy (non-hydrogen) atoms. The molecule has 7 heteroatoms. The van der Waals surface area contributed by atoms with Gasteiger partial charge in [0.25, 0.3) is 0 Å². The van der Waals surface area contributed by atoms with E-state index in [0.717, 1.165) is 81.1 Å². The minimum Gasteiger partial charge on any atom is -0.490 e. The van der Waals surface area contributed by atoms with E-state index < -0.39 is 5.41 Å². The number of aryl methyl sites for hydroxylation is 2. The summed E-state index contributed by atoms with van der Waals surface area (Å²) in [5.41, 5.74) is 4.77. The maximum atomic E-state index is 14.1. The van der Waals surface area contributed by atoms with Gasteiger partial charge in [-0.3, -0.25) is 19.4 Å². The Morgan fingerprint density at radius 1 is 0.661 bits per heavy atom. The number of nitrogens with zero attached hydrogens (tertiary/aromatic N) is 2. The predicted molar refractivity (Wildman–Crippen MR) is 255 cm³/mol. The van der Waals surface area contributed by atoms with E-state index in [2.05, 4.69) is 127 Å². The van der Waals surface area contributed by atoms with Crippen molar-refractivity contribution in [3.05, 3.63) is 101 Å². The molecule has 7 nitrogen and oxygen atoms in total.